The van der Waals surface area contributed by atoms with E-state index in [1.165, 1.54) is 0 Å². The Kier molecular flexibility index (Phi) is 6.67. The number of carbonyl (C=O) groups is 2. The fraction of sp³-hybridized carbons (Fsp3) is 0.556. The number of methoxy groups -OCH3 is 1. The molecule has 138 valence electrons. The smallest absolute Gasteiger partial charge is 0.228 e. The van der Waals surface area contributed by atoms with Gasteiger partial charge in [0.05, 0.1) is 13.0 Å². The fourth-order valence-electron chi connectivity index (χ4n) is 3.44. The van der Waals surface area contributed by atoms with Gasteiger partial charge in [-0.3, -0.25) is 9.59 Å². The first-order valence-corrected chi connectivity index (χ1v) is 8.50. The number of carbonyl (C=O) groups excluding carboxylic acids is 2. The number of hydrogen-bond donors (Lipinski definition) is 1. The van der Waals surface area contributed by atoms with Gasteiger partial charge in [0, 0.05) is 45.2 Å². The van der Waals surface area contributed by atoms with E-state index in [9.17, 15) is 9.59 Å². The molecule has 2 fully saturated rings. The van der Waals surface area contributed by atoms with Crippen molar-refractivity contribution in [1.82, 2.24) is 15.1 Å². The number of piperazine rings is 1. The molecule has 25 heavy (non-hydrogen) atoms. The summed E-state index contributed by atoms with van der Waals surface area (Å²) >= 11 is 0. The minimum Gasteiger partial charge on any atom is -0.497 e. The lowest BCUT2D eigenvalue weighted by Crippen LogP contribution is -2.54. The van der Waals surface area contributed by atoms with Crippen molar-refractivity contribution < 1.29 is 14.3 Å². The van der Waals surface area contributed by atoms with Gasteiger partial charge < -0.3 is 19.9 Å². The van der Waals surface area contributed by atoms with Crippen LogP contribution in [0.25, 0.3) is 0 Å². The van der Waals surface area contributed by atoms with Crippen LogP contribution in [-0.2, 0) is 16.1 Å². The monoisotopic (exact) mass is 367 g/mol. The van der Waals surface area contributed by atoms with E-state index in [0.717, 1.165) is 30.9 Å². The number of halogens is 1. The first kappa shape index (κ1) is 19.5. The molecule has 2 amide bonds. The molecule has 0 saturated carbocycles. The second-order valence-corrected chi connectivity index (χ2v) is 6.61. The average Bonchev–Trinajstić information content (AvgIpc) is 2.96. The molecule has 1 N–H and O–H groups in total. The second-order valence-electron chi connectivity index (χ2n) is 6.61. The molecular formula is C18H26ClN3O3. The number of amides is 2. The van der Waals surface area contributed by atoms with E-state index < -0.39 is 0 Å². The van der Waals surface area contributed by atoms with Crippen molar-refractivity contribution in [3.63, 3.8) is 0 Å². The van der Waals surface area contributed by atoms with Crippen molar-refractivity contribution in [2.75, 3.05) is 33.3 Å². The van der Waals surface area contributed by atoms with Gasteiger partial charge in [0.2, 0.25) is 11.8 Å². The van der Waals surface area contributed by atoms with Crippen molar-refractivity contribution in [2.45, 2.75) is 25.9 Å². The molecule has 2 heterocycles. The molecule has 2 aliphatic rings. The molecule has 0 spiro atoms. The maximum Gasteiger partial charge on any atom is 0.228 e. The normalized spacial score (nSPS) is 23.4. The fourth-order valence-corrected chi connectivity index (χ4v) is 3.44. The first-order chi connectivity index (χ1) is 11.6. The van der Waals surface area contributed by atoms with Gasteiger partial charge in [0.1, 0.15) is 5.75 Å². The van der Waals surface area contributed by atoms with Gasteiger partial charge in [0.25, 0.3) is 0 Å². The van der Waals surface area contributed by atoms with Crippen LogP contribution in [0.3, 0.4) is 0 Å². The highest BCUT2D eigenvalue weighted by Crippen LogP contribution is 2.24. The highest BCUT2D eigenvalue weighted by molar-refractivity contribution is 5.89. The lowest BCUT2D eigenvalue weighted by atomic mass is 10.1. The molecular weight excluding hydrogens is 342 g/mol. The quantitative estimate of drug-likeness (QED) is 0.871. The summed E-state index contributed by atoms with van der Waals surface area (Å²) in [6.07, 6.45) is 0.325. The molecule has 0 aromatic heterocycles. The van der Waals surface area contributed by atoms with Crippen molar-refractivity contribution >= 4 is 24.2 Å². The third-order valence-corrected chi connectivity index (χ3v) is 4.88. The van der Waals surface area contributed by atoms with Gasteiger partial charge in [-0.05, 0) is 24.6 Å². The van der Waals surface area contributed by atoms with Crippen LogP contribution < -0.4 is 10.1 Å². The third-order valence-electron chi connectivity index (χ3n) is 4.88. The summed E-state index contributed by atoms with van der Waals surface area (Å²) in [5.41, 5.74) is 1.05. The summed E-state index contributed by atoms with van der Waals surface area (Å²) in [5.74, 6) is 0.769. The number of ether oxygens (including phenoxy) is 1. The molecule has 0 bridgehead atoms. The molecule has 7 heteroatoms. The SMILES string of the molecule is COc1ccc(CN2CC(C(=O)N3CCNCC3C)CC2=O)cc1.Cl. The summed E-state index contributed by atoms with van der Waals surface area (Å²) < 4.78 is 5.15. The molecule has 0 aliphatic carbocycles. The Hall–Kier alpha value is -1.79. The first-order valence-electron chi connectivity index (χ1n) is 8.50. The highest BCUT2D eigenvalue weighted by Gasteiger charge is 2.38. The summed E-state index contributed by atoms with van der Waals surface area (Å²) in [6, 6.07) is 7.89. The number of rotatable bonds is 4. The lowest BCUT2D eigenvalue weighted by Gasteiger charge is -2.35. The Morgan fingerprint density at radius 1 is 1.32 bits per heavy atom. The van der Waals surface area contributed by atoms with Crippen LogP contribution in [-0.4, -0.2) is 60.9 Å². The van der Waals surface area contributed by atoms with Gasteiger partial charge in [-0.2, -0.15) is 0 Å². The van der Waals surface area contributed by atoms with Crippen molar-refractivity contribution in [3.05, 3.63) is 29.8 Å². The molecule has 6 nitrogen and oxygen atoms in total. The number of likely N-dealkylation sites (tertiary alicyclic amines) is 1. The number of nitrogens with zero attached hydrogens (tertiary/aromatic N) is 2. The Morgan fingerprint density at radius 2 is 2.04 bits per heavy atom. The van der Waals surface area contributed by atoms with Crippen LogP contribution in [0.2, 0.25) is 0 Å². The highest BCUT2D eigenvalue weighted by atomic mass is 35.5. The van der Waals surface area contributed by atoms with Gasteiger partial charge in [-0.1, -0.05) is 12.1 Å². The minimum atomic E-state index is -0.212. The maximum absolute atomic E-state index is 12.7. The molecule has 2 aliphatic heterocycles. The van der Waals surface area contributed by atoms with E-state index in [1.54, 1.807) is 12.0 Å². The molecule has 3 rings (SSSR count). The van der Waals surface area contributed by atoms with Crippen LogP contribution in [0, 0.1) is 5.92 Å². The van der Waals surface area contributed by atoms with Crippen molar-refractivity contribution in [1.29, 1.82) is 0 Å². The zero-order chi connectivity index (χ0) is 17.1. The molecule has 2 atom stereocenters. The molecule has 2 unspecified atom stereocenters. The largest absolute Gasteiger partial charge is 0.497 e. The molecule has 1 aromatic carbocycles. The maximum atomic E-state index is 12.7. The van der Waals surface area contributed by atoms with E-state index in [-0.39, 0.29) is 36.2 Å². The summed E-state index contributed by atoms with van der Waals surface area (Å²) in [4.78, 5) is 28.8. The van der Waals surface area contributed by atoms with Gasteiger partial charge in [-0.15, -0.1) is 12.4 Å². The van der Waals surface area contributed by atoms with Crippen LogP contribution >= 0.6 is 12.4 Å². The number of nitrogens with one attached hydrogen (secondary N) is 1. The zero-order valence-electron chi connectivity index (χ0n) is 14.7. The Bertz CT molecular complexity index is 608. The van der Waals surface area contributed by atoms with Gasteiger partial charge in [0.15, 0.2) is 0 Å². The predicted molar refractivity (Wildman–Crippen MR) is 97.8 cm³/mol. The summed E-state index contributed by atoms with van der Waals surface area (Å²) in [5, 5.41) is 3.29. The average molecular weight is 368 g/mol. The standard InChI is InChI=1S/C18H25N3O3.ClH/c1-13-10-19-7-8-21(13)18(23)15-9-17(22)20(12-15)11-14-3-5-16(24-2)6-4-14;/h3-6,13,15,19H,7-12H2,1-2H3;1H. The van der Waals surface area contributed by atoms with E-state index in [0.29, 0.717) is 19.5 Å². The Labute approximate surface area is 154 Å². The number of hydrogen-bond acceptors (Lipinski definition) is 4. The predicted octanol–water partition coefficient (Wildman–Crippen LogP) is 1.29. The van der Waals surface area contributed by atoms with E-state index in [1.807, 2.05) is 29.2 Å². The summed E-state index contributed by atoms with van der Waals surface area (Å²) in [6.45, 7) is 5.48. The zero-order valence-corrected chi connectivity index (χ0v) is 15.6. The second kappa shape index (κ2) is 8.54. The topological polar surface area (TPSA) is 61.9 Å². The molecule has 2 saturated heterocycles. The molecule has 0 radical (unpaired) electrons. The van der Waals surface area contributed by atoms with E-state index in [2.05, 4.69) is 12.2 Å². The lowest BCUT2D eigenvalue weighted by molar-refractivity contribution is -0.138. The minimum absolute atomic E-state index is 0. The van der Waals surface area contributed by atoms with Gasteiger partial charge >= 0.3 is 0 Å². The third kappa shape index (κ3) is 4.44. The Balaban J connectivity index is 0.00000225. The van der Waals surface area contributed by atoms with Crippen LogP contribution in [0.5, 0.6) is 5.75 Å². The van der Waals surface area contributed by atoms with Crippen molar-refractivity contribution in [2.24, 2.45) is 5.92 Å². The van der Waals surface area contributed by atoms with E-state index >= 15 is 0 Å². The van der Waals surface area contributed by atoms with Crippen LogP contribution in [0.1, 0.15) is 18.9 Å². The molecule has 1 aromatic rings. The Morgan fingerprint density at radius 3 is 2.68 bits per heavy atom. The van der Waals surface area contributed by atoms with Crippen LogP contribution in [0.4, 0.5) is 0 Å². The van der Waals surface area contributed by atoms with E-state index in [4.69, 9.17) is 4.74 Å². The summed E-state index contributed by atoms with van der Waals surface area (Å²) in [7, 11) is 1.63. The van der Waals surface area contributed by atoms with Gasteiger partial charge in [-0.25, -0.2) is 0 Å². The van der Waals surface area contributed by atoms with Crippen LogP contribution in [0.15, 0.2) is 24.3 Å². The number of benzene rings is 1. The van der Waals surface area contributed by atoms with Crippen molar-refractivity contribution in [3.8, 4) is 5.75 Å².